The van der Waals surface area contributed by atoms with Gasteiger partial charge in [-0.15, -0.1) is 0 Å². The van der Waals surface area contributed by atoms with E-state index in [4.69, 9.17) is 5.73 Å². The largest absolute Gasteiger partial charge is 0.369 e. The van der Waals surface area contributed by atoms with Gasteiger partial charge in [-0.3, -0.25) is 14.7 Å². The van der Waals surface area contributed by atoms with Gasteiger partial charge in [0.2, 0.25) is 5.91 Å². The summed E-state index contributed by atoms with van der Waals surface area (Å²) in [6, 6.07) is 4.47. The fourth-order valence-corrected chi connectivity index (χ4v) is 2.57. The molecule has 2 N–H and O–H groups in total. The highest BCUT2D eigenvalue weighted by atomic mass is 79.9. The Morgan fingerprint density at radius 1 is 1.56 bits per heavy atom. The predicted octanol–water partition coefficient (Wildman–Crippen LogP) is 1.93. The normalized spacial score (nSPS) is 25.0. The topological polar surface area (TPSA) is 59.2 Å². The maximum atomic E-state index is 11.3. The van der Waals surface area contributed by atoms with Crippen LogP contribution in [0.2, 0.25) is 0 Å². The van der Waals surface area contributed by atoms with Gasteiger partial charge in [-0.2, -0.15) is 0 Å². The van der Waals surface area contributed by atoms with Crippen molar-refractivity contribution in [2.75, 3.05) is 6.54 Å². The average molecular weight is 312 g/mol. The summed E-state index contributed by atoms with van der Waals surface area (Å²) < 4.78 is 0.980. The first-order chi connectivity index (χ1) is 8.56. The number of aromatic nitrogens is 1. The molecule has 1 aromatic heterocycles. The summed E-state index contributed by atoms with van der Waals surface area (Å²) in [5.41, 5.74) is 6.42. The van der Waals surface area contributed by atoms with Crippen LogP contribution < -0.4 is 5.73 Å². The van der Waals surface area contributed by atoms with Crippen LogP contribution >= 0.6 is 15.9 Å². The molecule has 0 aliphatic carbocycles. The van der Waals surface area contributed by atoms with Gasteiger partial charge < -0.3 is 5.73 Å². The van der Waals surface area contributed by atoms with Gasteiger partial charge in [0.15, 0.2) is 0 Å². The van der Waals surface area contributed by atoms with Crippen LogP contribution in [0.3, 0.4) is 0 Å². The molecule has 0 aromatic carbocycles. The molecular weight excluding hydrogens is 294 g/mol. The lowest BCUT2D eigenvalue weighted by Gasteiger charge is -2.36. The molecule has 0 radical (unpaired) electrons. The number of primary amides is 1. The van der Waals surface area contributed by atoms with E-state index in [-0.39, 0.29) is 11.8 Å². The van der Waals surface area contributed by atoms with Crippen molar-refractivity contribution in [3.63, 3.8) is 0 Å². The number of pyridine rings is 1. The van der Waals surface area contributed by atoms with Crippen LogP contribution in [0, 0.1) is 5.92 Å². The number of nitrogens with two attached hydrogens (primary N) is 1. The first-order valence-corrected chi connectivity index (χ1v) is 6.99. The van der Waals surface area contributed by atoms with E-state index in [0.717, 1.165) is 36.1 Å². The van der Waals surface area contributed by atoms with Gasteiger partial charge in [-0.1, -0.05) is 0 Å². The minimum absolute atomic E-state index is 0.0170. The number of halogens is 1. The molecule has 2 atom stereocenters. The van der Waals surface area contributed by atoms with E-state index in [9.17, 15) is 4.79 Å². The first kappa shape index (κ1) is 13.5. The molecule has 4 nitrogen and oxygen atoms in total. The summed E-state index contributed by atoms with van der Waals surface area (Å²) in [6.07, 6.45) is 3.72. The maximum Gasteiger partial charge on any atom is 0.221 e. The molecule has 0 saturated carbocycles. The minimum Gasteiger partial charge on any atom is -0.369 e. The number of rotatable bonds is 3. The molecule has 1 aliphatic rings. The molecule has 5 heteroatoms. The molecule has 0 spiro atoms. The smallest absolute Gasteiger partial charge is 0.221 e. The number of hydrogen-bond acceptors (Lipinski definition) is 3. The molecule has 2 rings (SSSR count). The molecule has 1 aromatic rings. The Morgan fingerprint density at radius 2 is 2.33 bits per heavy atom. The van der Waals surface area contributed by atoms with Crippen LogP contribution in [-0.4, -0.2) is 28.4 Å². The molecule has 1 aliphatic heterocycles. The van der Waals surface area contributed by atoms with E-state index in [1.165, 1.54) is 0 Å². The van der Waals surface area contributed by atoms with Gasteiger partial charge in [0.05, 0.1) is 11.6 Å². The Balaban J connectivity index is 2.02. The van der Waals surface area contributed by atoms with Crippen molar-refractivity contribution in [3.05, 3.63) is 28.5 Å². The maximum absolute atomic E-state index is 11.3. The minimum atomic E-state index is -0.185. The lowest BCUT2D eigenvalue weighted by molar-refractivity contribution is -0.124. The van der Waals surface area contributed by atoms with Crippen molar-refractivity contribution in [2.45, 2.75) is 32.4 Å². The Morgan fingerprint density at radius 3 is 2.94 bits per heavy atom. The number of piperidine rings is 1. The molecule has 2 heterocycles. The molecule has 2 unspecified atom stereocenters. The summed E-state index contributed by atoms with van der Waals surface area (Å²) in [4.78, 5) is 17.9. The summed E-state index contributed by atoms with van der Waals surface area (Å²) >= 11 is 3.37. The van der Waals surface area contributed by atoms with Gasteiger partial charge in [0.1, 0.15) is 0 Å². The van der Waals surface area contributed by atoms with Crippen molar-refractivity contribution in [3.8, 4) is 0 Å². The molecule has 1 saturated heterocycles. The van der Waals surface area contributed by atoms with Gasteiger partial charge >= 0.3 is 0 Å². The highest BCUT2D eigenvalue weighted by Crippen LogP contribution is 2.23. The predicted molar refractivity (Wildman–Crippen MR) is 73.7 cm³/mol. The lowest BCUT2D eigenvalue weighted by Crippen LogP contribution is -2.45. The second-order valence-electron chi connectivity index (χ2n) is 4.92. The van der Waals surface area contributed by atoms with Crippen LogP contribution in [0.5, 0.6) is 0 Å². The second-order valence-corrected chi connectivity index (χ2v) is 5.84. The van der Waals surface area contributed by atoms with E-state index in [2.05, 4.69) is 32.7 Å². The number of likely N-dealkylation sites (tertiary alicyclic amines) is 1. The van der Waals surface area contributed by atoms with Gasteiger partial charge in [0.25, 0.3) is 0 Å². The van der Waals surface area contributed by atoms with Gasteiger partial charge in [-0.25, -0.2) is 0 Å². The van der Waals surface area contributed by atoms with E-state index in [0.29, 0.717) is 6.04 Å². The third-order valence-electron chi connectivity index (χ3n) is 3.57. The third-order valence-corrected chi connectivity index (χ3v) is 4.04. The molecule has 1 amide bonds. The number of carbonyl (C=O) groups is 1. The van der Waals surface area contributed by atoms with Crippen molar-refractivity contribution < 1.29 is 4.79 Å². The SMILES string of the molecule is CC1CCC(C(N)=O)CN1Cc1ccc(Br)cn1. The van der Waals surface area contributed by atoms with E-state index in [1.807, 2.05) is 12.1 Å². The molecular formula is C13H18BrN3O. The van der Waals surface area contributed by atoms with Gasteiger partial charge in [-0.05, 0) is 47.8 Å². The van der Waals surface area contributed by atoms with Crippen molar-refractivity contribution in [1.82, 2.24) is 9.88 Å². The molecule has 1 fully saturated rings. The van der Waals surface area contributed by atoms with Crippen LogP contribution in [-0.2, 0) is 11.3 Å². The number of hydrogen-bond donors (Lipinski definition) is 1. The Hall–Kier alpha value is -0.940. The average Bonchev–Trinajstić information content (AvgIpc) is 2.34. The molecule has 18 heavy (non-hydrogen) atoms. The number of amides is 1. The molecule has 0 bridgehead atoms. The lowest BCUT2D eigenvalue weighted by atomic mass is 9.93. The van der Waals surface area contributed by atoms with E-state index < -0.39 is 0 Å². The van der Waals surface area contributed by atoms with Crippen molar-refractivity contribution >= 4 is 21.8 Å². The van der Waals surface area contributed by atoms with Crippen LogP contribution in [0.15, 0.2) is 22.8 Å². The Labute approximate surface area is 116 Å². The van der Waals surface area contributed by atoms with Crippen molar-refractivity contribution in [1.29, 1.82) is 0 Å². The zero-order valence-corrected chi connectivity index (χ0v) is 12.1. The number of nitrogens with zero attached hydrogens (tertiary/aromatic N) is 2. The Bertz CT molecular complexity index is 421. The summed E-state index contributed by atoms with van der Waals surface area (Å²) in [7, 11) is 0. The second kappa shape index (κ2) is 5.80. The fraction of sp³-hybridized carbons (Fsp3) is 0.538. The fourth-order valence-electron chi connectivity index (χ4n) is 2.34. The Kier molecular flexibility index (Phi) is 4.35. The summed E-state index contributed by atoms with van der Waals surface area (Å²) in [5.74, 6) is -0.202. The van der Waals surface area contributed by atoms with Crippen molar-refractivity contribution in [2.24, 2.45) is 11.7 Å². The molecule has 98 valence electrons. The van der Waals surface area contributed by atoms with Crippen LogP contribution in [0.25, 0.3) is 0 Å². The monoisotopic (exact) mass is 311 g/mol. The van der Waals surface area contributed by atoms with Crippen LogP contribution in [0.1, 0.15) is 25.5 Å². The summed E-state index contributed by atoms with van der Waals surface area (Å²) in [6.45, 7) is 3.71. The van der Waals surface area contributed by atoms with E-state index in [1.54, 1.807) is 6.20 Å². The summed E-state index contributed by atoms with van der Waals surface area (Å²) in [5, 5.41) is 0. The van der Waals surface area contributed by atoms with Gasteiger partial charge in [0, 0.05) is 29.8 Å². The van der Waals surface area contributed by atoms with E-state index >= 15 is 0 Å². The highest BCUT2D eigenvalue weighted by Gasteiger charge is 2.28. The number of carbonyl (C=O) groups excluding carboxylic acids is 1. The zero-order chi connectivity index (χ0) is 13.1. The third kappa shape index (κ3) is 3.29. The zero-order valence-electron chi connectivity index (χ0n) is 10.5. The highest BCUT2D eigenvalue weighted by molar-refractivity contribution is 9.10. The first-order valence-electron chi connectivity index (χ1n) is 6.20. The van der Waals surface area contributed by atoms with Crippen LogP contribution in [0.4, 0.5) is 0 Å². The quantitative estimate of drug-likeness (QED) is 0.928. The standard InChI is InChI=1S/C13H18BrN3O/c1-9-2-3-10(13(15)18)7-17(9)8-12-5-4-11(14)6-16-12/h4-6,9-10H,2-3,7-8H2,1H3,(H2,15,18).